The quantitative estimate of drug-likeness (QED) is 0.116. The van der Waals surface area contributed by atoms with Crippen LogP contribution in [-0.4, -0.2) is 28.7 Å². The number of rotatable bonds is 8. The topological polar surface area (TPSA) is 57.7 Å². The zero-order valence-corrected chi connectivity index (χ0v) is 22.6. The predicted octanol–water partition coefficient (Wildman–Crippen LogP) is 7.23. The molecule has 6 rings (SSSR count). The zero-order valence-electron chi connectivity index (χ0n) is 22.6. The number of para-hydroxylation sites is 1. The summed E-state index contributed by atoms with van der Waals surface area (Å²) in [7, 11) is 0. The molecule has 1 aliphatic rings. The van der Waals surface area contributed by atoms with E-state index in [1.54, 1.807) is 29.2 Å². The zero-order chi connectivity index (χ0) is 29.1. The summed E-state index contributed by atoms with van der Waals surface area (Å²) in [5, 5.41) is 0. The maximum absolute atomic E-state index is 14.7. The molecule has 6 heteroatoms. The van der Waals surface area contributed by atoms with Crippen molar-refractivity contribution in [1.29, 1.82) is 0 Å². The molecule has 0 saturated carbocycles. The van der Waals surface area contributed by atoms with Crippen LogP contribution in [0, 0.1) is 5.82 Å². The maximum atomic E-state index is 14.7. The van der Waals surface area contributed by atoms with Gasteiger partial charge >= 0.3 is 6.03 Å². The highest BCUT2D eigenvalue weighted by Gasteiger charge is 2.57. The molecule has 206 valence electrons. The van der Waals surface area contributed by atoms with E-state index in [2.05, 4.69) is 0 Å². The second kappa shape index (κ2) is 11.3. The maximum Gasteiger partial charge on any atom is 0.333 e. The number of ketones is 1. The summed E-state index contributed by atoms with van der Waals surface area (Å²) in [6.45, 7) is 0. The first kappa shape index (κ1) is 26.8. The molecule has 42 heavy (non-hydrogen) atoms. The fourth-order valence-electron chi connectivity index (χ4n) is 5.85. The number of amides is 3. The van der Waals surface area contributed by atoms with Crippen molar-refractivity contribution < 1.29 is 18.8 Å². The minimum absolute atomic E-state index is 0.263. The number of urea groups is 1. The molecular formula is C36H27FN2O3. The van der Waals surface area contributed by atoms with Crippen molar-refractivity contribution in [3.63, 3.8) is 0 Å². The van der Waals surface area contributed by atoms with Crippen molar-refractivity contribution in [1.82, 2.24) is 4.90 Å². The van der Waals surface area contributed by atoms with Crippen LogP contribution in [0.1, 0.15) is 33.5 Å². The Hall–Kier alpha value is -5.36. The van der Waals surface area contributed by atoms with E-state index in [-0.39, 0.29) is 17.8 Å². The van der Waals surface area contributed by atoms with E-state index in [1.807, 2.05) is 97.1 Å². The average Bonchev–Trinajstić information content (AvgIpc) is 3.28. The fourth-order valence-corrected chi connectivity index (χ4v) is 5.85. The largest absolute Gasteiger partial charge is 0.333 e. The molecule has 3 amide bonds. The van der Waals surface area contributed by atoms with E-state index in [0.29, 0.717) is 5.69 Å². The third-order valence-corrected chi connectivity index (χ3v) is 7.71. The molecule has 0 aromatic heterocycles. The number of carbonyl (C=O) groups excluding carboxylic acids is 3. The molecule has 1 unspecified atom stereocenters. The predicted molar refractivity (Wildman–Crippen MR) is 160 cm³/mol. The number of benzene rings is 5. The van der Waals surface area contributed by atoms with Gasteiger partial charge in [0, 0.05) is 12.0 Å². The average molecular weight is 555 g/mol. The van der Waals surface area contributed by atoms with Crippen LogP contribution in [-0.2, 0) is 10.3 Å². The molecule has 1 aliphatic heterocycles. The van der Waals surface area contributed by atoms with Crippen LogP contribution < -0.4 is 4.90 Å². The summed E-state index contributed by atoms with van der Waals surface area (Å²) < 4.78 is 13.7. The lowest BCUT2D eigenvalue weighted by atomic mass is 9.75. The lowest BCUT2D eigenvalue weighted by molar-refractivity contribution is -0.120. The van der Waals surface area contributed by atoms with Crippen LogP contribution >= 0.6 is 0 Å². The SMILES string of the molecule is O=C(CC1C(=O)N(c2ccccc2)C(=O)N1C(c1ccccc1)(c1ccccc1)c1ccccc1)c1ccc(F)cc1. The molecule has 0 aliphatic carbocycles. The summed E-state index contributed by atoms with van der Waals surface area (Å²) in [6, 6.07) is 40.9. The molecule has 0 spiro atoms. The molecule has 0 radical (unpaired) electrons. The van der Waals surface area contributed by atoms with E-state index in [0.717, 1.165) is 21.6 Å². The van der Waals surface area contributed by atoms with Gasteiger partial charge < -0.3 is 0 Å². The highest BCUT2D eigenvalue weighted by atomic mass is 19.1. The monoisotopic (exact) mass is 554 g/mol. The van der Waals surface area contributed by atoms with Crippen LogP contribution in [0.3, 0.4) is 0 Å². The number of imide groups is 1. The smallest absolute Gasteiger partial charge is 0.294 e. The number of anilines is 1. The highest BCUT2D eigenvalue weighted by molar-refractivity contribution is 6.23. The standard InChI is InChI=1S/C36H27FN2O3/c37-30-23-21-26(22-24-30)33(40)25-32-34(41)38(31-19-11-4-12-20-31)35(42)39(32)36(27-13-5-1-6-14-27,28-15-7-2-8-16-28)29-17-9-3-10-18-29/h1-24,32H,25H2. The Morgan fingerprint density at radius 1 is 0.619 bits per heavy atom. The van der Waals surface area contributed by atoms with Gasteiger partial charge in [-0.2, -0.15) is 0 Å². The molecule has 1 heterocycles. The summed E-state index contributed by atoms with van der Waals surface area (Å²) in [4.78, 5) is 45.4. The third-order valence-electron chi connectivity index (χ3n) is 7.71. The van der Waals surface area contributed by atoms with Gasteiger partial charge in [-0.3, -0.25) is 14.5 Å². The van der Waals surface area contributed by atoms with Crippen molar-refractivity contribution in [3.8, 4) is 0 Å². The van der Waals surface area contributed by atoms with Gasteiger partial charge in [-0.25, -0.2) is 14.1 Å². The minimum Gasteiger partial charge on any atom is -0.294 e. The molecule has 0 N–H and O–H groups in total. The summed E-state index contributed by atoms with van der Waals surface area (Å²) in [5.41, 5.74) is 1.69. The Balaban J connectivity index is 1.62. The van der Waals surface area contributed by atoms with E-state index in [1.165, 1.54) is 24.3 Å². The van der Waals surface area contributed by atoms with Crippen molar-refractivity contribution in [2.24, 2.45) is 0 Å². The van der Waals surface area contributed by atoms with Crippen molar-refractivity contribution in [2.45, 2.75) is 18.0 Å². The van der Waals surface area contributed by atoms with Crippen molar-refractivity contribution in [3.05, 3.63) is 174 Å². The number of nitrogens with zero attached hydrogens (tertiary/aromatic N) is 2. The summed E-state index contributed by atoms with van der Waals surface area (Å²) in [5.74, 6) is -1.34. The van der Waals surface area contributed by atoms with Crippen LogP contribution in [0.25, 0.3) is 0 Å². The van der Waals surface area contributed by atoms with Gasteiger partial charge in [-0.05, 0) is 53.1 Å². The highest BCUT2D eigenvalue weighted by Crippen LogP contribution is 2.47. The van der Waals surface area contributed by atoms with E-state index < -0.39 is 29.3 Å². The number of Topliss-reactive ketones (excluding diaryl/α,β-unsaturated/α-hetero) is 1. The van der Waals surface area contributed by atoms with Crippen LogP contribution in [0.5, 0.6) is 0 Å². The van der Waals surface area contributed by atoms with Gasteiger partial charge in [-0.1, -0.05) is 109 Å². The molecule has 5 nitrogen and oxygen atoms in total. The molecule has 0 bridgehead atoms. The molecule has 1 atom stereocenters. The molecule has 1 fully saturated rings. The van der Waals surface area contributed by atoms with Gasteiger partial charge in [0.05, 0.1) is 5.69 Å². The van der Waals surface area contributed by atoms with E-state index in [9.17, 15) is 18.8 Å². The number of hydrogen-bond acceptors (Lipinski definition) is 3. The van der Waals surface area contributed by atoms with Crippen molar-refractivity contribution >= 4 is 23.4 Å². The first-order chi connectivity index (χ1) is 20.5. The van der Waals surface area contributed by atoms with E-state index in [4.69, 9.17) is 0 Å². The Labute approximate surface area is 243 Å². The summed E-state index contributed by atoms with van der Waals surface area (Å²) in [6.07, 6.45) is -0.284. The first-order valence-electron chi connectivity index (χ1n) is 13.7. The second-order valence-corrected chi connectivity index (χ2v) is 10.1. The summed E-state index contributed by atoms with van der Waals surface area (Å²) >= 11 is 0. The van der Waals surface area contributed by atoms with E-state index >= 15 is 0 Å². The van der Waals surface area contributed by atoms with Gasteiger partial charge in [-0.15, -0.1) is 0 Å². The van der Waals surface area contributed by atoms with Gasteiger partial charge in [0.15, 0.2) is 5.78 Å². The lowest BCUT2D eigenvalue weighted by Crippen LogP contribution is -2.54. The molecule has 5 aromatic carbocycles. The fraction of sp³-hybridized carbons (Fsp3) is 0.0833. The van der Waals surface area contributed by atoms with Crippen LogP contribution in [0.4, 0.5) is 14.9 Å². The lowest BCUT2D eigenvalue weighted by Gasteiger charge is -2.45. The molecule has 5 aromatic rings. The number of hydrogen-bond donors (Lipinski definition) is 0. The van der Waals surface area contributed by atoms with Crippen LogP contribution in [0.15, 0.2) is 146 Å². The Kier molecular flexibility index (Phi) is 7.19. The number of carbonyl (C=O) groups is 3. The molecular weight excluding hydrogens is 527 g/mol. The third kappa shape index (κ3) is 4.57. The Morgan fingerprint density at radius 3 is 1.50 bits per heavy atom. The van der Waals surface area contributed by atoms with Crippen LogP contribution in [0.2, 0.25) is 0 Å². The van der Waals surface area contributed by atoms with Gasteiger partial charge in [0.2, 0.25) is 0 Å². The second-order valence-electron chi connectivity index (χ2n) is 10.1. The first-order valence-corrected chi connectivity index (χ1v) is 13.7. The minimum atomic E-state index is -1.27. The van der Waals surface area contributed by atoms with Gasteiger partial charge in [0.1, 0.15) is 17.4 Å². The number of halogens is 1. The normalized spacial score (nSPS) is 15.2. The Morgan fingerprint density at radius 2 is 1.05 bits per heavy atom. The van der Waals surface area contributed by atoms with Crippen molar-refractivity contribution in [2.75, 3.05) is 4.90 Å². The van der Waals surface area contributed by atoms with Gasteiger partial charge in [0.25, 0.3) is 5.91 Å². The molecule has 1 saturated heterocycles. The Bertz CT molecular complexity index is 1610.